The van der Waals surface area contributed by atoms with Crippen molar-refractivity contribution in [2.45, 2.75) is 51.6 Å². The van der Waals surface area contributed by atoms with Gasteiger partial charge in [-0.05, 0) is 24.3 Å². The highest BCUT2D eigenvalue weighted by atomic mass is 16.2. The number of amides is 1. The summed E-state index contributed by atoms with van der Waals surface area (Å²) in [6.07, 6.45) is 4.16. The van der Waals surface area contributed by atoms with Crippen LogP contribution in [0.5, 0.6) is 0 Å². The van der Waals surface area contributed by atoms with E-state index in [1.165, 1.54) is 5.56 Å². The number of carbonyl (C=O) groups excluding carboxylic acids is 1. The van der Waals surface area contributed by atoms with Crippen molar-refractivity contribution in [2.75, 3.05) is 0 Å². The van der Waals surface area contributed by atoms with Crippen molar-refractivity contribution in [1.82, 2.24) is 5.32 Å². The first-order valence-corrected chi connectivity index (χ1v) is 7.70. The highest BCUT2D eigenvalue weighted by Gasteiger charge is 2.30. The zero-order valence-corrected chi connectivity index (χ0v) is 12.5. The number of benzene rings is 1. The van der Waals surface area contributed by atoms with Crippen LogP contribution in [0, 0.1) is 11.8 Å². The van der Waals surface area contributed by atoms with Crippen LogP contribution in [-0.4, -0.2) is 11.9 Å². The van der Waals surface area contributed by atoms with Gasteiger partial charge in [0.05, 0.1) is 12.0 Å². The van der Waals surface area contributed by atoms with Crippen LogP contribution in [0.3, 0.4) is 0 Å². The maximum absolute atomic E-state index is 12.5. The van der Waals surface area contributed by atoms with Gasteiger partial charge in [-0.1, -0.05) is 57.0 Å². The predicted octanol–water partition coefficient (Wildman–Crippen LogP) is 3.02. The molecule has 0 aromatic heterocycles. The van der Waals surface area contributed by atoms with Gasteiger partial charge in [0.2, 0.25) is 5.91 Å². The molecule has 1 aromatic carbocycles. The third kappa shape index (κ3) is 3.60. The topological polar surface area (TPSA) is 55.1 Å². The van der Waals surface area contributed by atoms with Crippen molar-refractivity contribution in [3.8, 4) is 0 Å². The van der Waals surface area contributed by atoms with Gasteiger partial charge < -0.3 is 11.1 Å². The van der Waals surface area contributed by atoms with Crippen LogP contribution >= 0.6 is 0 Å². The summed E-state index contributed by atoms with van der Waals surface area (Å²) < 4.78 is 0. The van der Waals surface area contributed by atoms with Gasteiger partial charge in [0, 0.05) is 6.04 Å². The largest absolute Gasteiger partial charge is 0.349 e. The van der Waals surface area contributed by atoms with Crippen molar-refractivity contribution >= 4 is 5.91 Å². The van der Waals surface area contributed by atoms with Gasteiger partial charge >= 0.3 is 0 Å². The third-order valence-corrected chi connectivity index (χ3v) is 4.28. The Kier molecular flexibility index (Phi) is 5.18. The standard InChI is InChI=1S/C17H26N2O/c1-12(2)16(13-8-4-3-5-9-13)19-17(20)14-10-6-7-11-15(14)18/h3-5,8-9,12,14-16H,6-7,10-11,18H2,1-2H3,(H,19,20). The quantitative estimate of drug-likeness (QED) is 0.886. The SMILES string of the molecule is CC(C)C(NC(=O)C1CCCCC1N)c1ccccc1. The second-order valence-corrected chi connectivity index (χ2v) is 6.20. The molecule has 3 N–H and O–H groups in total. The highest BCUT2D eigenvalue weighted by Crippen LogP contribution is 2.26. The lowest BCUT2D eigenvalue weighted by Gasteiger charge is -2.31. The normalized spacial score (nSPS) is 24.4. The molecule has 3 heteroatoms. The number of nitrogens with one attached hydrogen (secondary N) is 1. The van der Waals surface area contributed by atoms with Crippen molar-refractivity contribution in [1.29, 1.82) is 0 Å². The summed E-state index contributed by atoms with van der Waals surface area (Å²) in [7, 11) is 0. The summed E-state index contributed by atoms with van der Waals surface area (Å²) >= 11 is 0. The van der Waals surface area contributed by atoms with E-state index >= 15 is 0 Å². The van der Waals surface area contributed by atoms with Crippen LogP contribution in [0.15, 0.2) is 30.3 Å². The van der Waals surface area contributed by atoms with Gasteiger partial charge in [-0.2, -0.15) is 0 Å². The fraction of sp³-hybridized carbons (Fsp3) is 0.588. The van der Waals surface area contributed by atoms with E-state index in [4.69, 9.17) is 5.73 Å². The average molecular weight is 274 g/mol. The molecule has 1 aromatic rings. The zero-order valence-electron chi connectivity index (χ0n) is 12.5. The minimum atomic E-state index is -0.0197. The molecule has 20 heavy (non-hydrogen) atoms. The molecule has 1 aliphatic carbocycles. The lowest BCUT2D eigenvalue weighted by molar-refractivity contribution is -0.127. The Bertz CT molecular complexity index is 430. The molecule has 3 nitrogen and oxygen atoms in total. The molecule has 1 fully saturated rings. The zero-order chi connectivity index (χ0) is 14.5. The Hall–Kier alpha value is -1.35. The molecule has 110 valence electrons. The minimum absolute atomic E-state index is 0.0197. The van der Waals surface area contributed by atoms with E-state index in [1.54, 1.807) is 0 Å². The van der Waals surface area contributed by atoms with Crippen LogP contribution in [0.1, 0.15) is 51.1 Å². The van der Waals surface area contributed by atoms with E-state index in [-0.39, 0.29) is 23.9 Å². The Balaban J connectivity index is 2.06. The number of hydrogen-bond donors (Lipinski definition) is 2. The van der Waals surface area contributed by atoms with E-state index < -0.39 is 0 Å². The molecule has 1 amide bonds. The Labute approximate surface area is 121 Å². The maximum Gasteiger partial charge on any atom is 0.225 e. The van der Waals surface area contributed by atoms with Gasteiger partial charge in [-0.25, -0.2) is 0 Å². The summed E-state index contributed by atoms with van der Waals surface area (Å²) in [6, 6.07) is 10.3. The van der Waals surface area contributed by atoms with E-state index in [9.17, 15) is 4.79 Å². The van der Waals surface area contributed by atoms with Crippen LogP contribution in [-0.2, 0) is 4.79 Å². The summed E-state index contributed by atoms with van der Waals surface area (Å²) in [5.74, 6) is 0.467. The van der Waals surface area contributed by atoms with Gasteiger partial charge in [-0.15, -0.1) is 0 Å². The number of nitrogens with two attached hydrogens (primary N) is 1. The van der Waals surface area contributed by atoms with Crippen molar-refractivity contribution < 1.29 is 4.79 Å². The number of rotatable bonds is 4. The fourth-order valence-electron chi connectivity index (χ4n) is 3.04. The summed E-state index contributed by atoms with van der Waals surface area (Å²) in [5, 5.41) is 3.21. The smallest absolute Gasteiger partial charge is 0.225 e. The maximum atomic E-state index is 12.5. The van der Waals surface area contributed by atoms with E-state index in [1.807, 2.05) is 18.2 Å². The molecule has 1 saturated carbocycles. The molecule has 0 saturated heterocycles. The van der Waals surface area contributed by atoms with Gasteiger partial charge in [-0.3, -0.25) is 4.79 Å². The van der Waals surface area contributed by atoms with Crippen LogP contribution in [0.4, 0.5) is 0 Å². The molecule has 3 unspecified atom stereocenters. The fourth-order valence-corrected chi connectivity index (χ4v) is 3.04. The number of hydrogen-bond acceptors (Lipinski definition) is 2. The molecule has 0 heterocycles. The second-order valence-electron chi connectivity index (χ2n) is 6.20. The lowest BCUT2D eigenvalue weighted by Crippen LogP contribution is -2.45. The first-order valence-electron chi connectivity index (χ1n) is 7.70. The molecular formula is C17H26N2O. The highest BCUT2D eigenvalue weighted by molar-refractivity contribution is 5.80. The molecule has 1 aliphatic rings. The average Bonchev–Trinajstić information content (AvgIpc) is 2.45. The van der Waals surface area contributed by atoms with E-state index in [2.05, 4.69) is 31.3 Å². The van der Waals surface area contributed by atoms with Crippen LogP contribution in [0.25, 0.3) is 0 Å². The van der Waals surface area contributed by atoms with Gasteiger partial charge in [0.1, 0.15) is 0 Å². The Morgan fingerprint density at radius 3 is 2.45 bits per heavy atom. The van der Waals surface area contributed by atoms with Crippen molar-refractivity contribution in [2.24, 2.45) is 17.6 Å². The third-order valence-electron chi connectivity index (χ3n) is 4.28. The molecule has 0 radical (unpaired) electrons. The van der Waals surface area contributed by atoms with Crippen molar-refractivity contribution in [3.05, 3.63) is 35.9 Å². The number of carbonyl (C=O) groups is 1. The second kappa shape index (κ2) is 6.89. The van der Waals surface area contributed by atoms with Gasteiger partial charge in [0.25, 0.3) is 0 Å². The summed E-state index contributed by atoms with van der Waals surface area (Å²) in [6.45, 7) is 4.28. The lowest BCUT2D eigenvalue weighted by atomic mass is 9.84. The first kappa shape index (κ1) is 15.0. The monoisotopic (exact) mass is 274 g/mol. The molecule has 0 aliphatic heterocycles. The summed E-state index contributed by atoms with van der Waals surface area (Å²) in [4.78, 5) is 12.5. The predicted molar refractivity (Wildman–Crippen MR) is 82.1 cm³/mol. The van der Waals surface area contributed by atoms with E-state index in [0.29, 0.717) is 5.92 Å². The Morgan fingerprint density at radius 2 is 1.85 bits per heavy atom. The molecule has 2 rings (SSSR count). The Morgan fingerprint density at radius 1 is 1.20 bits per heavy atom. The molecular weight excluding hydrogens is 248 g/mol. The summed E-state index contributed by atoms with van der Waals surface area (Å²) in [5.41, 5.74) is 7.28. The molecule has 0 bridgehead atoms. The van der Waals surface area contributed by atoms with Crippen LogP contribution < -0.4 is 11.1 Å². The van der Waals surface area contributed by atoms with Crippen LogP contribution in [0.2, 0.25) is 0 Å². The van der Waals surface area contributed by atoms with Crippen molar-refractivity contribution in [3.63, 3.8) is 0 Å². The minimum Gasteiger partial charge on any atom is -0.349 e. The molecule has 3 atom stereocenters. The molecule has 0 spiro atoms. The van der Waals surface area contributed by atoms with E-state index in [0.717, 1.165) is 25.7 Å². The van der Waals surface area contributed by atoms with Gasteiger partial charge in [0.15, 0.2) is 0 Å². The first-order chi connectivity index (χ1) is 9.59.